The number of thiazole rings is 1. The predicted octanol–water partition coefficient (Wildman–Crippen LogP) is 3.36. The Labute approximate surface area is 127 Å². The molecular formula is C15H18F2N2OS. The van der Waals surface area contributed by atoms with E-state index in [2.05, 4.69) is 10.3 Å². The van der Waals surface area contributed by atoms with Crippen LogP contribution in [0.25, 0.3) is 0 Å². The van der Waals surface area contributed by atoms with Crippen LogP contribution in [0.5, 0.6) is 0 Å². The molecular weight excluding hydrogens is 294 g/mol. The number of nitrogens with zero attached hydrogens (tertiary/aromatic N) is 1. The first kappa shape index (κ1) is 16.0. The SMILES string of the molecule is COCCNC(c1nc(C)c(C)s1)c1c(F)cccc1F. The Hall–Kier alpha value is -1.37. The molecule has 0 amide bonds. The molecule has 0 aliphatic rings. The van der Waals surface area contributed by atoms with Crippen molar-refractivity contribution in [3.05, 3.63) is 51.0 Å². The Morgan fingerprint density at radius 3 is 2.48 bits per heavy atom. The molecule has 1 N–H and O–H groups in total. The largest absolute Gasteiger partial charge is 0.383 e. The molecule has 0 aliphatic heterocycles. The van der Waals surface area contributed by atoms with Gasteiger partial charge in [0.15, 0.2) is 0 Å². The normalized spacial score (nSPS) is 12.6. The Morgan fingerprint density at radius 2 is 1.95 bits per heavy atom. The molecule has 1 aromatic carbocycles. The Morgan fingerprint density at radius 1 is 1.29 bits per heavy atom. The molecule has 0 spiro atoms. The summed E-state index contributed by atoms with van der Waals surface area (Å²) in [6, 6.07) is 3.27. The van der Waals surface area contributed by atoms with E-state index < -0.39 is 17.7 Å². The zero-order chi connectivity index (χ0) is 15.4. The van der Waals surface area contributed by atoms with Crippen LogP contribution >= 0.6 is 11.3 Å². The van der Waals surface area contributed by atoms with Crippen LogP contribution in [-0.2, 0) is 4.74 Å². The van der Waals surface area contributed by atoms with E-state index in [1.54, 1.807) is 7.11 Å². The van der Waals surface area contributed by atoms with Gasteiger partial charge in [-0.25, -0.2) is 13.8 Å². The lowest BCUT2D eigenvalue weighted by molar-refractivity contribution is 0.197. The number of benzene rings is 1. The highest BCUT2D eigenvalue weighted by Crippen LogP contribution is 2.30. The molecule has 1 aromatic heterocycles. The number of hydrogen-bond donors (Lipinski definition) is 1. The van der Waals surface area contributed by atoms with Gasteiger partial charge in [0.05, 0.1) is 18.3 Å². The second-order valence-electron chi connectivity index (χ2n) is 4.71. The standard InChI is InChI=1S/C15H18F2N2OS/c1-9-10(2)21-15(19-9)14(18-7-8-20-3)13-11(16)5-4-6-12(13)17/h4-6,14,18H,7-8H2,1-3H3. The number of rotatable bonds is 6. The molecule has 0 saturated carbocycles. The highest BCUT2D eigenvalue weighted by atomic mass is 32.1. The van der Waals surface area contributed by atoms with Crippen molar-refractivity contribution >= 4 is 11.3 Å². The van der Waals surface area contributed by atoms with Crippen molar-refractivity contribution in [3.63, 3.8) is 0 Å². The fourth-order valence-electron chi connectivity index (χ4n) is 2.03. The van der Waals surface area contributed by atoms with Gasteiger partial charge in [0.1, 0.15) is 16.6 Å². The maximum absolute atomic E-state index is 14.1. The summed E-state index contributed by atoms with van der Waals surface area (Å²) in [7, 11) is 1.58. The van der Waals surface area contributed by atoms with Gasteiger partial charge in [0.2, 0.25) is 0 Å². The number of aryl methyl sites for hydroxylation is 2. The van der Waals surface area contributed by atoms with Crippen molar-refractivity contribution in [1.29, 1.82) is 0 Å². The Kier molecular flexibility index (Phi) is 5.39. The number of halogens is 2. The van der Waals surface area contributed by atoms with Crippen molar-refractivity contribution in [2.45, 2.75) is 19.9 Å². The molecule has 2 rings (SSSR count). The minimum Gasteiger partial charge on any atom is -0.383 e. The second-order valence-corrected chi connectivity index (χ2v) is 5.94. The molecule has 21 heavy (non-hydrogen) atoms. The summed E-state index contributed by atoms with van der Waals surface area (Å²) in [5.41, 5.74) is 0.882. The lowest BCUT2D eigenvalue weighted by Gasteiger charge is -2.18. The molecule has 0 saturated heterocycles. The summed E-state index contributed by atoms with van der Waals surface area (Å²) >= 11 is 1.44. The Bertz CT molecular complexity index is 576. The quantitative estimate of drug-likeness (QED) is 0.831. The van der Waals surface area contributed by atoms with Gasteiger partial charge in [-0.2, -0.15) is 0 Å². The van der Waals surface area contributed by atoms with Crippen molar-refractivity contribution in [3.8, 4) is 0 Å². The number of methoxy groups -OCH3 is 1. The van der Waals surface area contributed by atoms with Crippen LogP contribution in [0.2, 0.25) is 0 Å². The lowest BCUT2D eigenvalue weighted by atomic mass is 10.1. The Balaban J connectivity index is 2.40. The lowest BCUT2D eigenvalue weighted by Crippen LogP contribution is -2.27. The first-order valence-electron chi connectivity index (χ1n) is 6.64. The molecule has 114 valence electrons. The van der Waals surface area contributed by atoms with Gasteiger partial charge in [0, 0.05) is 24.1 Å². The van der Waals surface area contributed by atoms with Crippen LogP contribution in [0.1, 0.15) is 27.2 Å². The van der Waals surface area contributed by atoms with Crippen LogP contribution in [0, 0.1) is 25.5 Å². The smallest absolute Gasteiger partial charge is 0.131 e. The van der Waals surface area contributed by atoms with E-state index in [0.29, 0.717) is 18.2 Å². The average Bonchev–Trinajstić information content (AvgIpc) is 2.76. The van der Waals surface area contributed by atoms with Gasteiger partial charge in [-0.05, 0) is 26.0 Å². The van der Waals surface area contributed by atoms with Crippen LogP contribution in [0.15, 0.2) is 18.2 Å². The molecule has 2 aromatic rings. The minimum absolute atomic E-state index is 0.00218. The van der Waals surface area contributed by atoms with Crippen molar-refractivity contribution < 1.29 is 13.5 Å². The van der Waals surface area contributed by atoms with Crippen LogP contribution in [0.4, 0.5) is 8.78 Å². The maximum atomic E-state index is 14.1. The summed E-state index contributed by atoms with van der Waals surface area (Å²) in [6.45, 7) is 4.77. The van der Waals surface area contributed by atoms with Gasteiger partial charge in [-0.1, -0.05) is 6.07 Å². The third-order valence-electron chi connectivity index (χ3n) is 3.24. The fourth-order valence-corrected chi connectivity index (χ4v) is 3.03. The van der Waals surface area contributed by atoms with Crippen LogP contribution in [-0.4, -0.2) is 25.2 Å². The molecule has 6 heteroatoms. The number of aromatic nitrogens is 1. The van der Waals surface area contributed by atoms with Crippen molar-refractivity contribution in [2.75, 3.05) is 20.3 Å². The number of hydrogen-bond acceptors (Lipinski definition) is 4. The van der Waals surface area contributed by atoms with Crippen LogP contribution < -0.4 is 5.32 Å². The van der Waals surface area contributed by atoms with Crippen LogP contribution in [0.3, 0.4) is 0 Å². The molecule has 1 atom stereocenters. The third-order valence-corrected chi connectivity index (χ3v) is 4.37. The molecule has 0 fully saturated rings. The summed E-state index contributed by atoms with van der Waals surface area (Å²) in [6.07, 6.45) is 0. The molecule has 0 aliphatic carbocycles. The minimum atomic E-state index is -0.612. The third kappa shape index (κ3) is 3.64. The zero-order valence-electron chi connectivity index (χ0n) is 12.2. The van der Waals surface area contributed by atoms with E-state index in [-0.39, 0.29) is 5.56 Å². The molecule has 1 unspecified atom stereocenters. The van der Waals surface area contributed by atoms with E-state index in [0.717, 1.165) is 10.6 Å². The van der Waals surface area contributed by atoms with E-state index in [9.17, 15) is 8.78 Å². The first-order chi connectivity index (χ1) is 10.0. The predicted molar refractivity (Wildman–Crippen MR) is 79.7 cm³/mol. The summed E-state index contributed by atoms with van der Waals surface area (Å²) in [4.78, 5) is 5.47. The monoisotopic (exact) mass is 312 g/mol. The van der Waals surface area contributed by atoms with Gasteiger partial charge in [-0.3, -0.25) is 0 Å². The van der Waals surface area contributed by atoms with E-state index in [1.165, 1.54) is 29.5 Å². The molecule has 0 bridgehead atoms. The first-order valence-corrected chi connectivity index (χ1v) is 7.46. The van der Waals surface area contributed by atoms with Gasteiger partial charge in [0.25, 0.3) is 0 Å². The molecule has 3 nitrogen and oxygen atoms in total. The van der Waals surface area contributed by atoms with Gasteiger partial charge < -0.3 is 10.1 Å². The second kappa shape index (κ2) is 7.06. The fraction of sp³-hybridized carbons (Fsp3) is 0.400. The molecule has 0 radical (unpaired) electrons. The summed E-state index contributed by atoms with van der Waals surface area (Å²) in [5, 5.41) is 3.78. The van der Waals surface area contributed by atoms with E-state index in [4.69, 9.17) is 4.74 Å². The van der Waals surface area contributed by atoms with E-state index >= 15 is 0 Å². The molecule has 1 heterocycles. The number of nitrogens with one attached hydrogen (secondary N) is 1. The van der Waals surface area contributed by atoms with Crippen molar-refractivity contribution in [1.82, 2.24) is 10.3 Å². The number of ether oxygens (including phenoxy) is 1. The van der Waals surface area contributed by atoms with Gasteiger partial charge >= 0.3 is 0 Å². The zero-order valence-corrected chi connectivity index (χ0v) is 13.1. The topological polar surface area (TPSA) is 34.1 Å². The highest BCUT2D eigenvalue weighted by molar-refractivity contribution is 7.11. The van der Waals surface area contributed by atoms with Gasteiger partial charge in [-0.15, -0.1) is 11.3 Å². The maximum Gasteiger partial charge on any atom is 0.131 e. The summed E-state index contributed by atoms with van der Waals surface area (Å²) < 4.78 is 33.1. The summed E-state index contributed by atoms with van der Waals surface area (Å²) in [5.74, 6) is -1.15. The van der Waals surface area contributed by atoms with Crippen molar-refractivity contribution in [2.24, 2.45) is 0 Å². The highest BCUT2D eigenvalue weighted by Gasteiger charge is 2.24. The van der Waals surface area contributed by atoms with E-state index in [1.807, 2.05) is 13.8 Å². The average molecular weight is 312 g/mol.